The molecule has 0 bridgehead atoms. The highest BCUT2D eigenvalue weighted by Crippen LogP contribution is 2.25. The van der Waals surface area contributed by atoms with Crippen molar-refractivity contribution in [3.8, 4) is 11.5 Å². The number of hydrogen-bond donors (Lipinski definition) is 1. The molecule has 0 unspecified atom stereocenters. The molecule has 19 heavy (non-hydrogen) atoms. The first-order valence-electron chi connectivity index (χ1n) is 6.15. The number of methoxy groups -OCH3 is 1. The van der Waals surface area contributed by atoms with E-state index in [1.54, 1.807) is 21.0 Å². The van der Waals surface area contributed by atoms with Gasteiger partial charge < -0.3 is 14.8 Å². The minimum absolute atomic E-state index is 0.0641. The Kier molecular flexibility index (Phi) is 5.66. The van der Waals surface area contributed by atoms with E-state index >= 15 is 0 Å². The third-order valence-electron chi connectivity index (χ3n) is 2.55. The zero-order valence-electron chi connectivity index (χ0n) is 11.7. The Morgan fingerprint density at radius 1 is 1.42 bits per heavy atom. The van der Waals surface area contributed by atoms with Crippen LogP contribution in [0.1, 0.15) is 26.3 Å². The van der Waals surface area contributed by atoms with Gasteiger partial charge in [-0.05, 0) is 32.9 Å². The van der Waals surface area contributed by atoms with E-state index in [9.17, 15) is 4.79 Å². The van der Waals surface area contributed by atoms with Gasteiger partial charge in [-0.2, -0.15) is 0 Å². The summed E-state index contributed by atoms with van der Waals surface area (Å²) >= 11 is 3.33. The molecule has 0 aliphatic carbocycles. The molecule has 0 spiro atoms. The molecule has 0 saturated heterocycles. The maximum Gasteiger partial charge on any atom is 0.236 e. The highest BCUT2D eigenvalue weighted by molar-refractivity contribution is 9.10. The molecule has 1 aromatic carbocycles. The smallest absolute Gasteiger partial charge is 0.236 e. The van der Waals surface area contributed by atoms with E-state index in [2.05, 4.69) is 21.2 Å². The number of nitrogens with one attached hydrogen (secondary N) is 1. The number of halogens is 1. The van der Waals surface area contributed by atoms with Gasteiger partial charge in [-0.25, -0.2) is 0 Å². The summed E-state index contributed by atoms with van der Waals surface area (Å²) in [6.45, 7) is 6.52. The van der Waals surface area contributed by atoms with Crippen molar-refractivity contribution in [2.75, 3.05) is 13.7 Å². The number of carbonyl (C=O) groups excluding carboxylic acids is 1. The summed E-state index contributed by atoms with van der Waals surface area (Å²) in [7, 11) is 1.61. The van der Waals surface area contributed by atoms with Crippen molar-refractivity contribution in [1.29, 1.82) is 0 Å². The molecule has 0 aromatic heterocycles. The number of alkyl halides is 1. The molecule has 1 amide bonds. The van der Waals surface area contributed by atoms with Gasteiger partial charge in [0.05, 0.1) is 18.0 Å². The van der Waals surface area contributed by atoms with E-state index in [4.69, 9.17) is 9.47 Å². The van der Waals surface area contributed by atoms with E-state index in [-0.39, 0.29) is 5.91 Å². The average Bonchev–Trinajstić information content (AvgIpc) is 2.36. The van der Waals surface area contributed by atoms with Crippen LogP contribution in [-0.4, -0.2) is 23.9 Å². The SMILES string of the molecule is CCOc1cc(OC)ccc1CNC(=O)C(C)(C)Br. The molecule has 0 saturated carbocycles. The lowest BCUT2D eigenvalue weighted by atomic mass is 10.1. The van der Waals surface area contributed by atoms with Crippen molar-refractivity contribution < 1.29 is 14.3 Å². The minimum Gasteiger partial charge on any atom is -0.497 e. The highest BCUT2D eigenvalue weighted by Gasteiger charge is 2.23. The van der Waals surface area contributed by atoms with Gasteiger partial charge in [0, 0.05) is 18.2 Å². The largest absolute Gasteiger partial charge is 0.497 e. The van der Waals surface area contributed by atoms with Crippen LogP contribution in [-0.2, 0) is 11.3 Å². The Morgan fingerprint density at radius 2 is 2.11 bits per heavy atom. The van der Waals surface area contributed by atoms with Gasteiger partial charge in [-0.15, -0.1) is 0 Å². The second kappa shape index (κ2) is 6.80. The van der Waals surface area contributed by atoms with Gasteiger partial charge in [0.2, 0.25) is 5.91 Å². The normalized spacial score (nSPS) is 11.0. The van der Waals surface area contributed by atoms with Gasteiger partial charge in [-0.1, -0.05) is 15.9 Å². The topological polar surface area (TPSA) is 47.6 Å². The third kappa shape index (κ3) is 4.74. The van der Waals surface area contributed by atoms with E-state index in [1.807, 2.05) is 25.1 Å². The van der Waals surface area contributed by atoms with Gasteiger partial charge in [-0.3, -0.25) is 4.79 Å². The fourth-order valence-corrected chi connectivity index (χ4v) is 1.62. The molecule has 0 radical (unpaired) electrons. The predicted molar refractivity (Wildman–Crippen MR) is 79.0 cm³/mol. The van der Waals surface area contributed by atoms with Crippen molar-refractivity contribution >= 4 is 21.8 Å². The highest BCUT2D eigenvalue weighted by atomic mass is 79.9. The molecule has 106 valence electrons. The lowest BCUT2D eigenvalue weighted by Gasteiger charge is -2.17. The molecular weight excluding hydrogens is 310 g/mol. The van der Waals surface area contributed by atoms with E-state index in [1.165, 1.54) is 0 Å². The number of ether oxygens (including phenoxy) is 2. The van der Waals surface area contributed by atoms with E-state index < -0.39 is 4.32 Å². The molecule has 5 heteroatoms. The van der Waals surface area contributed by atoms with Crippen molar-refractivity contribution in [1.82, 2.24) is 5.32 Å². The minimum atomic E-state index is -0.578. The number of benzene rings is 1. The molecule has 1 rings (SSSR count). The summed E-state index contributed by atoms with van der Waals surface area (Å²) < 4.78 is 10.1. The second-order valence-electron chi connectivity index (χ2n) is 4.56. The Labute approximate surface area is 122 Å². The van der Waals surface area contributed by atoms with Crippen LogP contribution in [0.2, 0.25) is 0 Å². The lowest BCUT2D eigenvalue weighted by molar-refractivity contribution is -0.122. The Balaban J connectivity index is 2.80. The third-order valence-corrected chi connectivity index (χ3v) is 2.91. The molecule has 1 aromatic rings. The van der Waals surface area contributed by atoms with Crippen LogP contribution in [0.3, 0.4) is 0 Å². The van der Waals surface area contributed by atoms with Crippen LogP contribution >= 0.6 is 15.9 Å². The standard InChI is InChI=1S/C14H20BrNO3/c1-5-19-12-8-11(18-4)7-6-10(12)9-16-13(17)14(2,3)15/h6-8H,5,9H2,1-4H3,(H,16,17). The van der Waals surface area contributed by atoms with Crippen LogP contribution in [0.4, 0.5) is 0 Å². The van der Waals surface area contributed by atoms with Crippen molar-refractivity contribution in [3.05, 3.63) is 23.8 Å². The summed E-state index contributed by atoms with van der Waals surface area (Å²) in [5.41, 5.74) is 0.924. The van der Waals surface area contributed by atoms with Gasteiger partial charge in [0.25, 0.3) is 0 Å². The van der Waals surface area contributed by atoms with E-state index in [0.29, 0.717) is 13.2 Å². The quantitative estimate of drug-likeness (QED) is 0.816. The summed E-state index contributed by atoms with van der Waals surface area (Å²) in [6.07, 6.45) is 0. The molecule has 0 aliphatic rings. The molecule has 0 heterocycles. The van der Waals surface area contributed by atoms with Crippen molar-refractivity contribution in [2.24, 2.45) is 0 Å². The van der Waals surface area contributed by atoms with Crippen LogP contribution in [0.15, 0.2) is 18.2 Å². The first-order chi connectivity index (χ1) is 8.88. The summed E-state index contributed by atoms with van der Waals surface area (Å²) in [4.78, 5) is 11.8. The molecule has 0 aliphatic heterocycles. The first kappa shape index (κ1) is 15.8. The first-order valence-corrected chi connectivity index (χ1v) is 6.94. The fraction of sp³-hybridized carbons (Fsp3) is 0.500. The number of hydrogen-bond acceptors (Lipinski definition) is 3. The van der Waals surface area contributed by atoms with Gasteiger partial charge in [0.15, 0.2) is 0 Å². The zero-order chi connectivity index (χ0) is 14.5. The Bertz CT molecular complexity index is 441. The van der Waals surface area contributed by atoms with Crippen LogP contribution in [0.25, 0.3) is 0 Å². The maximum atomic E-state index is 11.8. The van der Waals surface area contributed by atoms with Crippen molar-refractivity contribution in [2.45, 2.75) is 31.6 Å². The summed E-state index contributed by atoms with van der Waals surface area (Å²) in [5.74, 6) is 1.40. The molecular formula is C14H20BrNO3. The second-order valence-corrected chi connectivity index (χ2v) is 6.54. The maximum absolute atomic E-state index is 11.8. The van der Waals surface area contributed by atoms with Crippen LogP contribution in [0, 0.1) is 0 Å². The van der Waals surface area contributed by atoms with Gasteiger partial charge in [0.1, 0.15) is 11.5 Å². The van der Waals surface area contributed by atoms with Gasteiger partial charge >= 0.3 is 0 Å². The van der Waals surface area contributed by atoms with Crippen molar-refractivity contribution in [3.63, 3.8) is 0 Å². The summed E-state index contributed by atoms with van der Waals surface area (Å²) in [6, 6.07) is 5.57. The van der Waals surface area contributed by atoms with E-state index in [0.717, 1.165) is 17.1 Å². The molecule has 0 fully saturated rings. The zero-order valence-corrected chi connectivity index (χ0v) is 13.3. The Morgan fingerprint density at radius 3 is 2.63 bits per heavy atom. The summed E-state index contributed by atoms with van der Waals surface area (Å²) in [5, 5.41) is 2.87. The number of amides is 1. The van der Waals surface area contributed by atoms with Crippen LogP contribution < -0.4 is 14.8 Å². The molecule has 0 atom stereocenters. The predicted octanol–water partition coefficient (Wildman–Crippen LogP) is 2.88. The Hall–Kier alpha value is -1.23. The fourth-order valence-electron chi connectivity index (χ4n) is 1.48. The van der Waals surface area contributed by atoms with Crippen LogP contribution in [0.5, 0.6) is 11.5 Å². The number of rotatable bonds is 6. The molecule has 4 nitrogen and oxygen atoms in total. The average molecular weight is 330 g/mol. The lowest BCUT2D eigenvalue weighted by Crippen LogP contribution is -2.37. The molecule has 1 N–H and O–H groups in total. The monoisotopic (exact) mass is 329 g/mol. The number of carbonyl (C=O) groups is 1.